The highest BCUT2D eigenvalue weighted by atomic mass is 19.1. The molecule has 2 N–H and O–H groups in total. The summed E-state index contributed by atoms with van der Waals surface area (Å²) < 4.78 is 23.9. The number of fused-ring (bicyclic) bond motifs is 1. The Morgan fingerprint density at radius 2 is 1.85 bits per heavy atom. The summed E-state index contributed by atoms with van der Waals surface area (Å²) in [6, 6.07) is 14.2. The van der Waals surface area contributed by atoms with Crippen LogP contribution in [-0.4, -0.2) is 35.1 Å². The van der Waals surface area contributed by atoms with Gasteiger partial charge in [-0.2, -0.15) is 4.74 Å². The average Bonchev–Trinajstić information content (AvgIpc) is 3.67. The number of carbonyl (C=O) groups is 1. The third kappa shape index (κ3) is 4.41. The van der Waals surface area contributed by atoms with E-state index in [1.165, 1.54) is 17.0 Å². The number of H-pyrrole nitrogens is 1. The summed E-state index contributed by atoms with van der Waals surface area (Å²) >= 11 is 0. The van der Waals surface area contributed by atoms with Gasteiger partial charge in [0, 0.05) is 26.0 Å². The highest BCUT2D eigenvalue weighted by Crippen LogP contribution is 2.32. The van der Waals surface area contributed by atoms with Crippen molar-refractivity contribution >= 4 is 22.6 Å². The molecular weight excluding hydrogens is 525 g/mol. The van der Waals surface area contributed by atoms with E-state index >= 15 is 4.39 Å². The van der Waals surface area contributed by atoms with Crippen LogP contribution in [0, 0.1) is 19.7 Å². The number of anilines is 1. The molecule has 0 aliphatic heterocycles. The highest BCUT2D eigenvalue weighted by molar-refractivity contribution is 6.11. The van der Waals surface area contributed by atoms with Crippen molar-refractivity contribution in [3.05, 3.63) is 94.4 Å². The van der Waals surface area contributed by atoms with Crippen molar-refractivity contribution in [2.24, 2.45) is 7.05 Å². The molecule has 0 saturated carbocycles. The van der Waals surface area contributed by atoms with Gasteiger partial charge < -0.3 is 19.4 Å². The van der Waals surface area contributed by atoms with Crippen LogP contribution in [0.25, 0.3) is 44.8 Å². The maximum atomic E-state index is 15.3. The first kappa shape index (κ1) is 25.9. The predicted molar refractivity (Wildman–Crippen MR) is 153 cm³/mol. The van der Waals surface area contributed by atoms with Crippen molar-refractivity contribution in [3.8, 4) is 33.8 Å². The maximum absolute atomic E-state index is 15.3. The van der Waals surface area contributed by atoms with E-state index in [0.717, 1.165) is 16.8 Å². The summed E-state index contributed by atoms with van der Waals surface area (Å²) in [7, 11) is 1.58. The zero-order valence-electron chi connectivity index (χ0n) is 22.8. The van der Waals surface area contributed by atoms with Gasteiger partial charge in [-0.3, -0.25) is 9.59 Å². The lowest BCUT2D eigenvalue weighted by atomic mass is 10.0. The molecule has 41 heavy (non-hydrogen) atoms. The highest BCUT2D eigenvalue weighted by Gasteiger charge is 2.23. The number of carbonyl (C=O) groups excluding carboxylic acids is 1. The van der Waals surface area contributed by atoms with Gasteiger partial charge in [-0.25, -0.2) is 19.3 Å². The largest absolute Gasteiger partial charge is 0.381 e. The summed E-state index contributed by atoms with van der Waals surface area (Å²) in [5.41, 5.74) is 4.27. The van der Waals surface area contributed by atoms with Gasteiger partial charge in [-0.05, 0) is 50.1 Å². The van der Waals surface area contributed by atoms with E-state index in [9.17, 15) is 9.59 Å². The molecule has 1 amide bonds. The van der Waals surface area contributed by atoms with E-state index in [2.05, 4.69) is 25.3 Å². The summed E-state index contributed by atoms with van der Waals surface area (Å²) in [6.07, 6.45) is 3.13. The lowest BCUT2D eigenvalue weighted by molar-refractivity contribution is 0.102. The number of aromatic nitrogens is 6. The normalized spacial score (nSPS) is 11.3. The molecule has 0 atom stereocenters. The van der Waals surface area contributed by atoms with E-state index in [-0.39, 0.29) is 22.5 Å². The number of nitrogens with zero attached hydrogens (tertiary/aromatic N) is 5. The standard InChI is InChI=1S/C30H26FN7O3/c1-5-38-23(18-9-11-19(12-10-18)24-16(2)41-37(4)30(24)40)15-22-27(38)26(35-17(3)34-22)29(39)36-21-8-6-7-20(25(21)31)28-32-13-14-33-28/h6-15H,5H2,1-4H3,(H,32,33)(H,36,39). The Hall–Kier alpha value is -5.32. The van der Waals surface area contributed by atoms with Crippen LogP contribution in [0.1, 0.15) is 29.0 Å². The lowest BCUT2D eigenvalue weighted by Crippen LogP contribution is -2.18. The van der Waals surface area contributed by atoms with Crippen molar-refractivity contribution in [2.75, 3.05) is 5.32 Å². The summed E-state index contributed by atoms with van der Waals surface area (Å²) in [5, 5.41) is 2.69. The fraction of sp³-hybridized carbons (Fsp3) is 0.167. The first-order valence-electron chi connectivity index (χ1n) is 13.0. The molecule has 10 nitrogen and oxygen atoms in total. The Morgan fingerprint density at radius 3 is 2.51 bits per heavy atom. The molecular formula is C30H26FN7O3. The number of rotatable bonds is 6. The minimum Gasteiger partial charge on any atom is -0.381 e. The topological polar surface area (TPSA) is 124 Å². The summed E-state index contributed by atoms with van der Waals surface area (Å²) in [4.78, 5) is 42.1. The molecule has 0 aliphatic carbocycles. The number of hydrogen-bond acceptors (Lipinski definition) is 6. The first-order valence-corrected chi connectivity index (χ1v) is 13.0. The Balaban J connectivity index is 1.40. The van der Waals surface area contributed by atoms with Gasteiger partial charge in [0.1, 0.15) is 17.4 Å². The fourth-order valence-electron chi connectivity index (χ4n) is 5.15. The van der Waals surface area contributed by atoms with Crippen LogP contribution in [0.4, 0.5) is 10.1 Å². The van der Waals surface area contributed by atoms with Gasteiger partial charge in [0.15, 0.2) is 11.5 Å². The van der Waals surface area contributed by atoms with Crippen molar-refractivity contribution in [1.29, 1.82) is 0 Å². The van der Waals surface area contributed by atoms with Crippen LogP contribution in [0.5, 0.6) is 0 Å². The van der Waals surface area contributed by atoms with Crippen molar-refractivity contribution in [3.63, 3.8) is 0 Å². The quantitative estimate of drug-likeness (QED) is 0.283. The van der Waals surface area contributed by atoms with Crippen LogP contribution in [0.2, 0.25) is 0 Å². The molecule has 0 bridgehead atoms. The molecule has 4 aromatic heterocycles. The molecule has 0 radical (unpaired) electrons. The van der Waals surface area contributed by atoms with Crippen LogP contribution in [-0.2, 0) is 13.6 Å². The smallest absolute Gasteiger partial charge is 0.290 e. The van der Waals surface area contributed by atoms with Crippen molar-refractivity contribution in [2.45, 2.75) is 27.3 Å². The van der Waals surface area contributed by atoms with Crippen molar-refractivity contribution < 1.29 is 13.7 Å². The SMILES string of the molecule is CCn1c(-c2ccc(-c3c(C)on(C)c3=O)cc2)cc2nc(C)nc(C(=O)Nc3cccc(-c4ncc[nH]4)c3F)c21. The number of aryl methyl sites for hydroxylation is 4. The van der Waals surface area contributed by atoms with Gasteiger partial charge >= 0.3 is 0 Å². The van der Waals surface area contributed by atoms with Crippen LogP contribution < -0.4 is 10.9 Å². The maximum Gasteiger partial charge on any atom is 0.290 e. The predicted octanol–water partition coefficient (Wildman–Crippen LogP) is 5.48. The van der Waals surface area contributed by atoms with Crippen molar-refractivity contribution in [1.82, 2.24) is 29.2 Å². The second-order valence-corrected chi connectivity index (χ2v) is 9.59. The van der Waals surface area contributed by atoms with Gasteiger partial charge in [0.2, 0.25) is 0 Å². The summed E-state index contributed by atoms with van der Waals surface area (Å²) in [5.74, 6) is 0.149. The molecule has 0 aliphatic rings. The molecule has 6 rings (SSSR count). The second kappa shape index (κ2) is 10.0. The number of halogens is 1. The Bertz CT molecular complexity index is 1980. The zero-order valence-corrected chi connectivity index (χ0v) is 22.8. The number of benzene rings is 2. The Labute approximate surface area is 233 Å². The second-order valence-electron chi connectivity index (χ2n) is 9.59. The monoisotopic (exact) mass is 551 g/mol. The van der Waals surface area contributed by atoms with Gasteiger partial charge in [0.25, 0.3) is 11.5 Å². The van der Waals surface area contributed by atoms with Crippen LogP contribution >= 0.6 is 0 Å². The molecule has 4 heterocycles. The van der Waals surface area contributed by atoms with Crippen LogP contribution in [0.3, 0.4) is 0 Å². The number of nitrogens with one attached hydrogen (secondary N) is 2. The zero-order chi connectivity index (χ0) is 28.8. The van der Waals surface area contributed by atoms with E-state index in [4.69, 9.17) is 4.52 Å². The third-order valence-electron chi connectivity index (χ3n) is 6.98. The Morgan fingerprint density at radius 1 is 1.10 bits per heavy atom. The molecule has 0 spiro atoms. The average molecular weight is 552 g/mol. The number of imidazole rings is 1. The minimum atomic E-state index is -0.604. The first-order chi connectivity index (χ1) is 19.8. The molecule has 2 aromatic carbocycles. The van der Waals surface area contributed by atoms with Gasteiger partial charge in [0.05, 0.1) is 33.5 Å². The third-order valence-corrected chi connectivity index (χ3v) is 6.98. The summed E-state index contributed by atoms with van der Waals surface area (Å²) in [6.45, 7) is 5.95. The molecule has 11 heteroatoms. The number of aromatic amines is 1. The molecule has 0 unspecified atom stereocenters. The molecule has 0 fully saturated rings. The van der Waals surface area contributed by atoms with Gasteiger partial charge in [-0.15, -0.1) is 0 Å². The molecule has 0 saturated heterocycles. The minimum absolute atomic E-state index is 0.0133. The number of amides is 1. The molecule has 6 aromatic rings. The van der Waals surface area contributed by atoms with E-state index < -0.39 is 11.7 Å². The van der Waals surface area contributed by atoms with E-state index in [0.29, 0.717) is 40.6 Å². The Kier molecular flexibility index (Phi) is 6.33. The van der Waals surface area contributed by atoms with Crippen LogP contribution in [0.15, 0.2) is 70.2 Å². The van der Waals surface area contributed by atoms with Gasteiger partial charge in [-0.1, -0.05) is 30.3 Å². The molecule has 206 valence electrons. The van der Waals surface area contributed by atoms with E-state index in [1.807, 2.05) is 41.8 Å². The number of hydrogen-bond donors (Lipinski definition) is 2. The fourth-order valence-corrected chi connectivity index (χ4v) is 5.15. The lowest BCUT2D eigenvalue weighted by Gasteiger charge is -2.12. The van der Waals surface area contributed by atoms with E-state index in [1.54, 1.807) is 39.2 Å².